The first-order valence-electron chi connectivity index (χ1n) is 8.49. The number of rotatable bonds is 3. The van der Waals surface area contributed by atoms with Gasteiger partial charge in [0.2, 0.25) is 0 Å². The van der Waals surface area contributed by atoms with Crippen LogP contribution in [0.4, 0.5) is 5.82 Å². The zero-order valence-corrected chi connectivity index (χ0v) is 15.5. The average Bonchev–Trinajstić information content (AvgIpc) is 3.36. The second-order valence-electron chi connectivity index (χ2n) is 6.44. The third-order valence-electron chi connectivity index (χ3n) is 4.68. The molecule has 1 aliphatic rings. The highest BCUT2D eigenvalue weighted by atomic mass is 32.1. The van der Waals surface area contributed by atoms with E-state index in [1.807, 2.05) is 20.2 Å². The Bertz CT molecular complexity index is 1010. The van der Waals surface area contributed by atoms with Crippen LogP contribution in [-0.2, 0) is 11.8 Å². The van der Waals surface area contributed by atoms with Crippen LogP contribution in [-0.4, -0.2) is 21.4 Å². The van der Waals surface area contributed by atoms with Crippen LogP contribution in [0, 0.1) is 18.3 Å². The van der Waals surface area contributed by atoms with Crippen molar-refractivity contribution in [2.45, 2.75) is 25.9 Å². The first-order valence-corrected chi connectivity index (χ1v) is 9.31. The fraction of sp³-hybridized carbons (Fsp3) is 0.316. The molecule has 7 heteroatoms. The summed E-state index contributed by atoms with van der Waals surface area (Å²) >= 11 is 1.66. The van der Waals surface area contributed by atoms with Crippen molar-refractivity contribution in [1.29, 1.82) is 5.26 Å². The van der Waals surface area contributed by atoms with Crippen LogP contribution >= 0.6 is 11.3 Å². The number of hydrogen-bond donors (Lipinski definition) is 1. The molecule has 26 heavy (non-hydrogen) atoms. The molecule has 1 atom stereocenters. The van der Waals surface area contributed by atoms with Gasteiger partial charge in [0.05, 0.1) is 18.0 Å². The molecule has 0 aromatic carbocycles. The first-order chi connectivity index (χ1) is 12.6. The molecule has 3 aromatic heterocycles. The van der Waals surface area contributed by atoms with Gasteiger partial charge in [0.1, 0.15) is 17.5 Å². The molecule has 0 saturated carbocycles. The standard InChI is InChI=1S/C19H19N5OS/c1-11-17(16-6-5-15(26-16)14-4-3-7-25-14)13(8-20)19(21)23-18(11)12-9-22-24(2)10-12/h5-6,9-10,14H,3-4,7H2,1-2H3,(H2,21,23)/t14-/m0/s1. The molecule has 2 N–H and O–H groups in total. The van der Waals surface area contributed by atoms with E-state index in [0.29, 0.717) is 5.56 Å². The SMILES string of the molecule is Cc1c(-c2cnn(C)c2)nc(N)c(C#N)c1-c1ccc([C@@H]2CCCO2)s1. The van der Waals surface area contributed by atoms with E-state index in [4.69, 9.17) is 10.5 Å². The normalized spacial score (nSPS) is 16.7. The number of aryl methyl sites for hydroxylation is 1. The summed E-state index contributed by atoms with van der Waals surface area (Å²) in [5.74, 6) is 0.249. The molecule has 4 heterocycles. The monoisotopic (exact) mass is 365 g/mol. The summed E-state index contributed by atoms with van der Waals surface area (Å²) in [5.41, 5.74) is 10.00. The fourth-order valence-electron chi connectivity index (χ4n) is 3.40. The van der Waals surface area contributed by atoms with Crippen molar-refractivity contribution in [2.24, 2.45) is 7.05 Å². The number of nitrogen functional groups attached to an aromatic ring is 1. The second-order valence-corrected chi connectivity index (χ2v) is 7.55. The van der Waals surface area contributed by atoms with Gasteiger partial charge in [-0.3, -0.25) is 4.68 Å². The lowest BCUT2D eigenvalue weighted by Gasteiger charge is -2.13. The number of thiophene rings is 1. The lowest BCUT2D eigenvalue weighted by molar-refractivity contribution is 0.114. The van der Waals surface area contributed by atoms with Gasteiger partial charge in [-0.05, 0) is 37.5 Å². The van der Waals surface area contributed by atoms with Crippen molar-refractivity contribution in [3.05, 3.63) is 40.5 Å². The smallest absolute Gasteiger partial charge is 0.142 e. The van der Waals surface area contributed by atoms with Crippen LogP contribution in [0.15, 0.2) is 24.5 Å². The van der Waals surface area contributed by atoms with Crippen molar-refractivity contribution in [3.63, 3.8) is 0 Å². The van der Waals surface area contributed by atoms with E-state index in [1.54, 1.807) is 22.2 Å². The third kappa shape index (κ3) is 2.77. The number of pyridine rings is 1. The molecular weight excluding hydrogens is 346 g/mol. The van der Waals surface area contributed by atoms with E-state index < -0.39 is 0 Å². The lowest BCUT2D eigenvalue weighted by atomic mass is 9.98. The van der Waals surface area contributed by atoms with Crippen LogP contribution in [0.2, 0.25) is 0 Å². The van der Waals surface area contributed by atoms with Crippen LogP contribution in [0.5, 0.6) is 0 Å². The summed E-state index contributed by atoms with van der Waals surface area (Å²) in [7, 11) is 1.86. The Hall–Kier alpha value is -2.69. The number of nitrogens with zero attached hydrogens (tertiary/aromatic N) is 4. The van der Waals surface area contributed by atoms with Crippen molar-refractivity contribution in [2.75, 3.05) is 12.3 Å². The van der Waals surface area contributed by atoms with Crippen molar-refractivity contribution >= 4 is 17.2 Å². The van der Waals surface area contributed by atoms with Gasteiger partial charge < -0.3 is 10.5 Å². The summed E-state index contributed by atoms with van der Waals surface area (Å²) in [5, 5.41) is 13.9. The van der Waals surface area contributed by atoms with Gasteiger partial charge in [-0.1, -0.05) is 0 Å². The predicted octanol–water partition coefficient (Wildman–Crippen LogP) is 3.82. The van der Waals surface area contributed by atoms with E-state index in [1.165, 1.54) is 4.88 Å². The quantitative estimate of drug-likeness (QED) is 0.762. The highest BCUT2D eigenvalue weighted by molar-refractivity contribution is 7.15. The van der Waals surface area contributed by atoms with E-state index in [-0.39, 0.29) is 11.9 Å². The summed E-state index contributed by atoms with van der Waals surface area (Å²) in [4.78, 5) is 6.69. The maximum absolute atomic E-state index is 9.66. The van der Waals surface area contributed by atoms with Crippen LogP contribution in [0.25, 0.3) is 21.7 Å². The summed E-state index contributed by atoms with van der Waals surface area (Å²) in [6.07, 6.45) is 5.96. The number of nitrogens with two attached hydrogens (primary N) is 1. The third-order valence-corrected chi connectivity index (χ3v) is 5.87. The predicted molar refractivity (Wildman–Crippen MR) is 102 cm³/mol. The molecule has 0 radical (unpaired) electrons. The zero-order chi connectivity index (χ0) is 18.3. The van der Waals surface area contributed by atoms with Gasteiger partial charge in [-0.25, -0.2) is 4.98 Å². The van der Waals surface area contributed by atoms with Crippen LogP contribution < -0.4 is 5.73 Å². The Labute approximate surface area is 155 Å². The Morgan fingerprint density at radius 2 is 2.27 bits per heavy atom. The van der Waals surface area contributed by atoms with Crippen LogP contribution in [0.1, 0.15) is 34.9 Å². The van der Waals surface area contributed by atoms with Gasteiger partial charge in [0.25, 0.3) is 0 Å². The number of hydrogen-bond acceptors (Lipinski definition) is 6. The summed E-state index contributed by atoms with van der Waals surface area (Å²) < 4.78 is 7.52. The first kappa shape index (κ1) is 16.8. The van der Waals surface area contributed by atoms with Crippen molar-refractivity contribution < 1.29 is 4.74 Å². The van der Waals surface area contributed by atoms with E-state index in [9.17, 15) is 5.26 Å². The van der Waals surface area contributed by atoms with Gasteiger partial charge >= 0.3 is 0 Å². The summed E-state index contributed by atoms with van der Waals surface area (Å²) in [6.45, 7) is 2.80. The van der Waals surface area contributed by atoms with Crippen LogP contribution in [0.3, 0.4) is 0 Å². The minimum Gasteiger partial charge on any atom is -0.383 e. The molecule has 1 fully saturated rings. The molecule has 6 nitrogen and oxygen atoms in total. The molecule has 0 amide bonds. The number of aromatic nitrogens is 3. The molecule has 0 bridgehead atoms. The second kappa shape index (κ2) is 6.56. The highest BCUT2D eigenvalue weighted by Gasteiger charge is 2.23. The molecule has 1 aliphatic heterocycles. The molecule has 132 valence electrons. The Balaban J connectivity index is 1.87. The molecule has 0 spiro atoms. The molecule has 1 saturated heterocycles. The fourth-order valence-corrected chi connectivity index (χ4v) is 4.60. The van der Waals surface area contributed by atoms with Gasteiger partial charge in [0, 0.05) is 40.7 Å². The van der Waals surface area contributed by atoms with Gasteiger partial charge in [-0.2, -0.15) is 10.4 Å². The number of anilines is 1. The van der Waals surface area contributed by atoms with Crippen molar-refractivity contribution in [1.82, 2.24) is 14.8 Å². The minimum atomic E-state index is 0.163. The maximum Gasteiger partial charge on any atom is 0.142 e. The maximum atomic E-state index is 9.66. The number of nitriles is 1. The van der Waals surface area contributed by atoms with Gasteiger partial charge in [0.15, 0.2) is 0 Å². The van der Waals surface area contributed by atoms with E-state index in [0.717, 1.165) is 46.7 Å². The van der Waals surface area contributed by atoms with E-state index in [2.05, 4.69) is 28.3 Å². The van der Waals surface area contributed by atoms with E-state index >= 15 is 0 Å². The van der Waals surface area contributed by atoms with Crippen molar-refractivity contribution in [3.8, 4) is 27.8 Å². The number of ether oxygens (including phenoxy) is 1. The Morgan fingerprint density at radius 1 is 1.42 bits per heavy atom. The average molecular weight is 365 g/mol. The largest absolute Gasteiger partial charge is 0.383 e. The Kier molecular flexibility index (Phi) is 4.23. The topological polar surface area (TPSA) is 89.8 Å². The molecule has 4 rings (SSSR count). The molecule has 0 aliphatic carbocycles. The molecule has 3 aromatic rings. The molecule has 0 unspecified atom stereocenters. The summed E-state index contributed by atoms with van der Waals surface area (Å²) in [6, 6.07) is 6.38. The van der Waals surface area contributed by atoms with Gasteiger partial charge in [-0.15, -0.1) is 11.3 Å². The minimum absolute atomic E-state index is 0.163. The highest BCUT2D eigenvalue weighted by Crippen LogP contribution is 2.42. The Morgan fingerprint density at radius 3 is 2.92 bits per heavy atom. The zero-order valence-electron chi connectivity index (χ0n) is 14.7. The lowest BCUT2D eigenvalue weighted by Crippen LogP contribution is -2.02. The molecular formula is C19H19N5OS.